The van der Waals surface area contributed by atoms with Crippen LogP contribution in [0.1, 0.15) is 18.4 Å². The normalized spacial score (nSPS) is 16.7. The van der Waals surface area contributed by atoms with E-state index in [1.807, 2.05) is 11.0 Å². The molecule has 4 heterocycles. The molecule has 3 aromatic rings. The minimum absolute atomic E-state index is 0.0375. The van der Waals surface area contributed by atoms with Crippen LogP contribution in [0, 0.1) is 0 Å². The van der Waals surface area contributed by atoms with Crippen LogP contribution in [0.2, 0.25) is 0 Å². The number of ether oxygens (including phenoxy) is 1. The van der Waals surface area contributed by atoms with Crippen LogP contribution in [0.15, 0.2) is 55.4 Å². The Morgan fingerprint density at radius 3 is 2.79 bits per heavy atom. The van der Waals surface area contributed by atoms with E-state index in [0.717, 1.165) is 31.6 Å². The molecule has 1 fully saturated rings. The van der Waals surface area contributed by atoms with Crippen molar-refractivity contribution >= 4 is 17.5 Å². The number of rotatable bonds is 3. The summed E-state index contributed by atoms with van der Waals surface area (Å²) >= 11 is 0. The molecule has 8 nitrogen and oxygen atoms in total. The molecule has 5 rings (SSSR count). The number of carbonyl (C=O) groups is 1. The summed E-state index contributed by atoms with van der Waals surface area (Å²) in [5.41, 5.74) is 2.53. The molecule has 2 aromatic heterocycles. The van der Waals surface area contributed by atoms with Gasteiger partial charge in [0.05, 0.1) is 0 Å². The Labute approximate surface area is 168 Å². The average molecular weight is 390 g/mol. The SMILES string of the molecule is O=C(N1CCC(Oc2cc(N3CCc4ccccc43)ncn2)CC1)n1ccnc1. The largest absolute Gasteiger partial charge is 0.474 e. The summed E-state index contributed by atoms with van der Waals surface area (Å²) in [4.78, 5) is 29.1. The molecule has 29 heavy (non-hydrogen) atoms. The van der Waals surface area contributed by atoms with Gasteiger partial charge in [-0.25, -0.2) is 19.7 Å². The molecule has 8 heteroatoms. The van der Waals surface area contributed by atoms with E-state index in [1.54, 1.807) is 18.7 Å². The van der Waals surface area contributed by atoms with E-state index in [2.05, 4.69) is 44.1 Å². The lowest BCUT2D eigenvalue weighted by molar-refractivity contribution is 0.108. The lowest BCUT2D eigenvalue weighted by atomic mass is 10.1. The van der Waals surface area contributed by atoms with E-state index in [-0.39, 0.29) is 12.1 Å². The molecule has 2 aliphatic heterocycles. The summed E-state index contributed by atoms with van der Waals surface area (Å²) in [7, 11) is 0. The van der Waals surface area contributed by atoms with Gasteiger partial charge in [-0.15, -0.1) is 0 Å². The average Bonchev–Trinajstić information content (AvgIpc) is 3.44. The number of amides is 1. The topological polar surface area (TPSA) is 76.4 Å². The van der Waals surface area contributed by atoms with Gasteiger partial charge in [-0.05, 0) is 18.1 Å². The minimum atomic E-state index is -0.0435. The fraction of sp³-hybridized carbons (Fsp3) is 0.333. The van der Waals surface area contributed by atoms with Crippen LogP contribution in [0.5, 0.6) is 5.88 Å². The van der Waals surface area contributed by atoms with Gasteiger partial charge in [-0.3, -0.25) is 4.57 Å². The van der Waals surface area contributed by atoms with Crippen LogP contribution >= 0.6 is 0 Å². The predicted octanol–water partition coefficient (Wildman–Crippen LogP) is 2.88. The number of piperidine rings is 1. The monoisotopic (exact) mass is 390 g/mol. The van der Waals surface area contributed by atoms with Crippen LogP contribution in [-0.2, 0) is 6.42 Å². The molecule has 148 valence electrons. The van der Waals surface area contributed by atoms with Gasteiger partial charge in [0, 0.05) is 56.6 Å². The summed E-state index contributed by atoms with van der Waals surface area (Å²) in [5.74, 6) is 1.44. The van der Waals surface area contributed by atoms with E-state index in [1.165, 1.54) is 22.1 Å². The first-order valence-corrected chi connectivity index (χ1v) is 9.89. The molecular formula is C21H22N6O2. The zero-order valence-electron chi connectivity index (χ0n) is 16.0. The van der Waals surface area contributed by atoms with Crippen LogP contribution in [0.3, 0.4) is 0 Å². The number of likely N-dealkylation sites (tertiary alicyclic amines) is 1. The fourth-order valence-electron chi connectivity index (χ4n) is 3.99. The zero-order chi connectivity index (χ0) is 19.6. The lowest BCUT2D eigenvalue weighted by Crippen LogP contribution is -2.43. The second-order valence-corrected chi connectivity index (χ2v) is 7.30. The molecule has 1 aromatic carbocycles. The van der Waals surface area contributed by atoms with Gasteiger partial charge in [0.1, 0.15) is 24.6 Å². The molecule has 0 N–H and O–H groups in total. The number of fused-ring (bicyclic) bond motifs is 1. The summed E-state index contributed by atoms with van der Waals surface area (Å²) < 4.78 is 7.63. The maximum absolute atomic E-state index is 12.4. The molecule has 0 bridgehead atoms. The molecule has 0 spiro atoms. The van der Waals surface area contributed by atoms with Crippen molar-refractivity contribution < 1.29 is 9.53 Å². The number of anilines is 2. The van der Waals surface area contributed by atoms with Crippen molar-refractivity contribution in [2.75, 3.05) is 24.5 Å². The first-order chi connectivity index (χ1) is 14.3. The third-order valence-electron chi connectivity index (χ3n) is 5.52. The van der Waals surface area contributed by atoms with E-state index in [9.17, 15) is 4.79 Å². The number of hydrogen-bond acceptors (Lipinski definition) is 6. The van der Waals surface area contributed by atoms with Crippen molar-refractivity contribution in [3.05, 3.63) is 60.9 Å². The van der Waals surface area contributed by atoms with E-state index in [0.29, 0.717) is 19.0 Å². The Morgan fingerprint density at radius 2 is 1.97 bits per heavy atom. The third-order valence-corrected chi connectivity index (χ3v) is 5.52. The highest BCUT2D eigenvalue weighted by Crippen LogP contribution is 2.34. The molecule has 1 saturated heterocycles. The van der Waals surface area contributed by atoms with Crippen molar-refractivity contribution in [3.8, 4) is 5.88 Å². The Hall–Kier alpha value is -3.42. The minimum Gasteiger partial charge on any atom is -0.474 e. The number of imidazole rings is 1. The van der Waals surface area contributed by atoms with Gasteiger partial charge in [0.25, 0.3) is 0 Å². The van der Waals surface area contributed by atoms with Crippen molar-refractivity contribution in [2.24, 2.45) is 0 Å². The molecular weight excluding hydrogens is 368 g/mol. The first-order valence-electron chi connectivity index (χ1n) is 9.89. The molecule has 0 saturated carbocycles. The highest BCUT2D eigenvalue weighted by Gasteiger charge is 2.26. The molecule has 0 unspecified atom stereocenters. The van der Waals surface area contributed by atoms with Gasteiger partial charge in [0.2, 0.25) is 5.88 Å². The second-order valence-electron chi connectivity index (χ2n) is 7.30. The number of carbonyl (C=O) groups excluding carboxylic acids is 1. The van der Waals surface area contributed by atoms with Crippen molar-refractivity contribution in [2.45, 2.75) is 25.4 Å². The van der Waals surface area contributed by atoms with Crippen molar-refractivity contribution in [1.29, 1.82) is 0 Å². The van der Waals surface area contributed by atoms with Gasteiger partial charge in [0.15, 0.2) is 0 Å². The van der Waals surface area contributed by atoms with Crippen LogP contribution < -0.4 is 9.64 Å². The number of benzene rings is 1. The van der Waals surface area contributed by atoms with Gasteiger partial charge < -0.3 is 14.5 Å². The van der Waals surface area contributed by atoms with Crippen LogP contribution in [0.4, 0.5) is 16.3 Å². The van der Waals surface area contributed by atoms with Gasteiger partial charge in [-0.2, -0.15) is 0 Å². The van der Waals surface area contributed by atoms with Gasteiger partial charge >= 0.3 is 6.03 Å². The summed E-state index contributed by atoms with van der Waals surface area (Å²) in [5, 5.41) is 0. The molecule has 0 atom stereocenters. The number of nitrogens with zero attached hydrogens (tertiary/aromatic N) is 6. The Morgan fingerprint density at radius 1 is 1.10 bits per heavy atom. The molecule has 2 aliphatic rings. The van der Waals surface area contributed by atoms with E-state index in [4.69, 9.17) is 4.74 Å². The Bertz CT molecular complexity index is 998. The van der Waals surface area contributed by atoms with E-state index >= 15 is 0 Å². The molecule has 0 radical (unpaired) electrons. The fourth-order valence-corrected chi connectivity index (χ4v) is 3.99. The molecule has 1 amide bonds. The zero-order valence-corrected chi connectivity index (χ0v) is 16.0. The van der Waals surface area contributed by atoms with Gasteiger partial charge in [-0.1, -0.05) is 18.2 Å². The first kappa shape index (κ1) is 17.7. The number of hydrogen-bond donors (Lipinski definition) is 0. The van der Waals surface area contributed by atoms with Crippen LogP contribution in [0.25, 0.3) is 0 Å². The highest BCUT2D eigenvalue weighted by molar-refractivity contribution is 5.76. The lowest BCUT2D eigenvalue weighted by Gasteiger charge is -2.31. The number of aromatic nitrogens is 4. The maximum atomic E-state index is 12.4. The maximum Gasteiger partial charge on any atom is 0.329 e. The summed E-state index contributed by atoms with van der Waals surface area (Å²) in [6.07, 6.45) is 8.96. The summed E-state index contributed by atoms with van der Waals surface area (Å²) in [6, 6.07) is 10.3. The van der Waals surface area contributed by atoms with Crippen molar-refractivity contribution in [1.82, 2.24) is 24.4 Å². The molecule has 0 aliphatic carbocycles. The second kappa shape index (κ2) is 7.54. The predicted molar refractivity (Wildman–Crippen MR) is 107 cm³/mol. The third kappa shape index (κ3) is 3.53. The summed E-state index contributed by atoms with van der Waals surface area (Å²) in [6.45, 7) is 2.21. The smallest absolute Gasteiger partial charge is 0.329 e. The standard InChI is InChI=1S/C21H22N6O2/c28-21(26-12-8-22-15-26)25-9-6-17(7-10-25)29-20-13-19(23-14-24-20)27-11-5-16-3-1-2-4-18(16)27/h1-4,8,12-15,17H,5-7,9-11H2. The highest BCUT2D eigenvalue weighted by atomic mass is 16.5. The van der Waals surface area contributed by atoms with Crippen molar-refractivity contribution in [3.63, 3.8) is 0 Å². The van der Waals surface area contributed by atoms with E-state index < -0.39 is 0 Å². The quantitative estimate of drug-likeness (QED) is 0.684. The Kier molecular flexibility index (Phi) is 4.59. The number of para-hydroxylation sites is 1. The van der Waals surface area contributed by atoms with Crippen LogP contribution in [-0.4, -0.2) is 56.2 Å². The Balaban J connectivity index is 1.22.